The van der Waals surface area contributed by atoms with Crippen molar-refractivity contribution in [3.05, 3.63) is 53.6 Å². The predicted octanol–water partition coefficient (Wildman–Crippen LogP) is 6.45. The van der Waals surface area contributed by atoms with Crippen molar-refractivity contribution in [3.63, 3.8) is 0 Å². The third-order valence-corrected chi connectivity index (χ3v) is 4.91. The van der Waals surface area contributed by atoms with Crippen LogP contribution in [-0.4, -0.2) is 18.9 Å². The van der Waals surface area contributed by atoms with E-state index in [4.69, 9.17) is 9.73 Å². The number of aliphatic imine (C=N–C) groups is 1. The minimum absolute atomic E-state index is 0.474. The van der Waals surface area contributed by atoms with Crippen LogP contribution in [0.5, 0.6) is 5.75 Å². The van der Waals surface area contributed by atoms with E-state index in [2.05, 4.69) is 69.5 Å². The Kier molecular flexibility index (Phi) is 6.49. The molecule has 3 rings (SSSR count). The Morgan fingerprint density at radius 1 is 1.08 bits per heavy atom. The molecule has 0 unspecified atom stereocenters. The molecule has 0 atom stereocenters. The van der Waals surface area contributed by atoms with Gasteiger partial charge < -0.3 is 4.74 Å². The van der Waals surface area contributed by atoms with Crippen molar-refractivity contribution in [3.8, 4) is 16.9 Å². The van der Waals surface area contributed by atoms with Gasteiger partial charge in [-0.05, 0) is 48.9 Å². The third kappa shape index (κ3) is 4.97. The molecule has 0 spiro atoms. The summed E-state index contributed by atoms with van der Waals surface area (Å²) < 4.78 is 6.29. The van der Waals surface area contributed by atoms with Crippen LogP contribution in [0, 0.1) is 12.8 Å². The van der Waals surface area contributed by atoms with Crippen LogP contribution in [0.1, 0.15) is 57.1 Å². The molecule has 138 valence electrons. The highest BCUT2D eigenvalue weighted by Crippen LogP contribution is 2.34. The molecule has 2 nitrogen and oxygen atoms in total. The van der Waals surface area contributed by atoms with Gasteiger partial charge in [0, 0.05) is 23.4 Å². The molecule has 0 saturated heterocycles. The number of rotatable bonds is 6. The van der Waals surface area contributed by atoms with Crippen molar-refractivity contribution in [2.24, 2.45) is 10.9 Å². The summed E-state index contributed by atoms with van der Waals surface area (Å²) in [5.41, 5.74) is 4.71. The van der Waals surface area contributed by atoms with Crippen LogP contribution < -0.4 is 4.74 Å². The normalized spacial score (nSPS) is 15.7. The molecule has 1 saturated carbocycles. The van der Waals surface area contributed by atoms with E-state index >= 15 is 0 Å². The Morgan fingerprint density at radius 2 is 1.81 bits per heavy atom. The average Bonchev–Trinajstić information content (AvgIpc) is 2.66. The summed E-state index contributed by atoms with van der Waals surface area (Å²) >= 11 is 0. The fourth-order valence-electron chi connectivity index (χ4n) is 3.56. The molecule has 0 amide bonds. The molecule has 2 aromatic rings. The number of benzene rings is 2. The van der Waals surface area contributed by atoms with Crippen molar-refractivity contribution >= 4 is 6.21 Å². The number of ether oxygens (including phenoxy) is 1. The first-order valence-electron chi connectivity index (χ1n) is 9.99. The Labute approximate surface area is 158 Å². The molecule has 0 aromatic heterocycles. The Balaban J connectivity index is 1.98. The average molecular weight is 350 g/mol. The number of aryl methyl sites for hydroxylation is 1. The maximum Gasteiger partial charge on any atom is 0.135 e. The predicted molar refractivity (Wildman–Crippen MR) is 111 cm³/mol. The zero-order valence-corrected chi connectivity index (χ0v) is 16.4. The van der Waals surface area contributed by atoms with E-state index in [-0.39, 0.29) is 0 Å². The van der Waals surface area contributed by atoms with Crippen LogP contribution in [0.3, 0.4) is 0 Å². The zero-order valence-electron chi connectivity index (χ0n) is 16.4. The first-order chi connectivity index (χ1) is 12.6. The lowest BCUT2D eigenvalue weighted by Crippen LogP contribution is -2.11. The van der Waals surface area contributed by atoms with Gasteiger partial charge in [-0.15, -0.1) is 0 Å². The van der Waals surface area contributed by atoms with Crippen LogP contribution in [0.25, 0.3) is 11.1 Å². The molecule has 26 heavy (non-hydrogen) atoms. The first-order valence-corrected chi connectivity index (χ1v) is 9.99. The van der Waals surface area contributed by atoms with Gasteiger partial charge in [-0.25, -0.2) is 0 Å². The maximum atomic E-state index is 6.29. The Bertz CT molecular complexity index is 727. The van der Waals surface area contributed by atoms with Crippen LogP contribution >= 0.6 is 0 Å². The second kappa shape index (κ2) is 9.02. The molecule has 0 heterocycles. The van der Waals surface area contributed by atoms with Gasteiger partial charge in [-0.1, -0.05) is 63.4 Å². The Hall–Kier alpha value is -2.09. The first kappa shape index (κ1) is 18.7. The van der Waals surface area contributed by atoms with Gasteiger partial charge in [0.15, 0.2) is 0 Å². The largest absolute Gasteiger partial charge is 0.492 e. The molecule has 0 radical (unpaired) electrons. The Morgan fingerprint density at radius 3 is 2.50 bits per heavy atom. The fraction of sp³-hybridized carbons (Fsp3) is 0.458. The fourth-order valence-corrected chi connectivity index (χ4v) is 3.56. The summed E-state index contributed by atoms with van der Waals surface area (Å²) in [4.78, 5) is 4.91. The van der Waals surface area contributed by atoms with Crippen LogP contribution in [0.2, 0.25) is 0 Å². The lowest BCUT2D eigenvalue weighted by Gasteiger charge is -2.19. The van der Waals surface area contributed by atoms with E-state index in [1.165, 1.54) is 43.2 Å². The van der Waals surface area contributed by atoms with Gasteiger partial charge in [0.05, 0.1) is 6.61 Å². The highest BCUT2D eigenvalue weighted by Gasteiger charge is 2.15. The lowest BCUT2D eigenvalue weighted by molar-refractivity contribution is 0.271. The molecule has 2 aromatic carbocycles. The van der Waals surface area contributed by atoms with Gasteiger partial charge >= 0.3 is 0 Å². The van der Waals surface area contributed by atoms with E-state index in [0.29, 0.717) is 18.6 Å². The molecule has 0 aliphatic heterocycles. The summed E-state index contributed by atoms with van der Waals surface area (Å²) in [6.07, 6.45) is 8.47. The molecular weight excluding hydrogens is 318 g/mol. The van der Waals surface area contributed by atoms with E-state index in [9.17, 15) is 0 Å². The SMILES string of the molecule is Cc1cc(C=NC2CCCCC2)c(OCC(C)C)c(-c2ccccc2)c1. The van der Waals surface area contributed by atoms with Gasteiger partial charge in [-0.2, -0.15) is 0 Å². The number of hydrogen-bond acceptors (Lipinski definition) is 2. The smallest absolute Gasteiger partial charge is 0.135 e. The van der Waals surface area contributed by atoms with E-state index in [0.717, 1.165) is 16.9 Å². The molecule has 1 aliphatic rings. The molecule has 1 fully saturated rings. The van der Waals surface area contributed by atoms with Crippen molar-refractivity contribution in [1.29, 1.82) is 0 Å². The highest BCUT2D eigenvalue weighted by atomic mass is 16.5. The lowest BCUT2D eigenvalue weighted by atomic mass is 9.95. The zero-order chi connectivity index (χ0) is 18.4. The monoisotopic (exact) mass is 349 g/mol. The molecule has 1 aliphatic carbocycles. The summed E-state index contributed by atoms with van der Waals surface area (Å²) in [5.74, 6) is 1.46. The van der Waals surface area contributed by atoms with Crippen molar-refractivity contribution < 1.29 is 4.74 Å². The number of nitrogens with zero attached hydrogens (tertiary/aromatic N) is 1. The second-order valence-corrected chi connectivity index (χ2v) is 7.87. The molecule has 0 N–H and O–H groups in total. The van der Waals surface area contributed by atoms with Gasteiger partial charge in [0.2, 0.25) is 0 Å². The summed E-state index contributed by atoms with van der Waals surface area (Å²) in [6.45, 7) is 7.24. The van der Waals surface area contributed by atoms with E-state index < -0.39 is 0 Å². The maximum absolute atomic E-state index is 6.29. The van der Waals surface area contributed by atoms with Gasteiger partial charge in [0.1, 0.15) is 5.75 Å². The minimum Gasteiger partial charge on any atom is -0.492 e. The van der Waals surface area contributed by atoms with Crippen molar-refractivity contribution in [1.82, 2.24) is 0 Å². The van der Waals surface area contributed by atoms with Gasteiger partial charge in [0.25, 0.3) is 0 Å². The van der Waals surface area contributed by atoms with Crippen LogP contribution in [0.15, 0.2) is 47.5 Å². The molecule has 2 heteroatoms. The number of hydrogen-bond donors (Lipinski definition) is 0. The van der Waals surface area contributed by atoms with Gasteiger partial charge in [-0.3, -0.25) is 4.99 Å². The van der Waals surface area contributed by atoms with Crippen LogP contribution in [0.4, 0.5) is 0 Å². The standard InChI is InChI=1S/C24H31NO/c1-18(2)17-26-24-21(16-25-22-12-8-5-9-13-22)14-19(3)15-23(24)20-10-6-4-7-11-20/h4,6-7,10-11,14-16,18,22H,5,8-9,12-13,17H2,1-3H3. The molecular formula is C24H31NO. The van der Waals surface area contributed by atoms with Crippen molar-refractivity contribution in [2.75, 3.05) is 6.61 Å². The highest BCUT2D eigenvalue weighted by molar-refractivity contribution is 5.89. The minimum atomic E-state index is 0.474. The van der Waals surface area contributed by atoms with Crippen molar-refractivity contribution in [2.45, 2.75) is 58.9 Å². The van der Waals surface area contributed by atoms with Crippen LogP contribution in [-0.2, 0) is 0 Å². The quantitative estimate of drug-likeness (QED) is 0.549. The van der Waals surface area contributed by atoms with E-state index in [1.54, 1.807) is 0 Å². The summed E-state index contributed by atoms with van der Waals surface area (Å²) in [5, 5.41) is 0. The summed E-state index contributed by atoms with van der Waals surface area (Å²) in [6, 6.07) is 15.4. The van der Waals surface area contributed by atoms with E-state index in [1.807, 2.05) is 0 Å². The topological polar surface area (TPSA) is 21.6 Å². The third-order valence-electron chi connectivity index (χ3n) is 4.91. The molecule has 0 bridgehead atoms. The summed E-state index contributed by atoms with van der Waals surface area (Å²) in [7, 11) is 0. The second-order valence-electron chi connectivity index (χ2n) is 7.87.